The Kier molecular flexibility index (Phi) is 4.11. The molecule has 2 nitrogen and oxygen atoms in total. The predicted molar refractivity (Wildman–Crippen MR) is 65.7 cm³/mol. The zero-order valence-corrected chi connectivity index (χ0v) is 10.6. The van der Waals surface area contributed by atoms with Crippen molar-refractivity contribution in [3.63, 3.8) is 0 Å². The molecule has 1 N–H and O–H groups in total. The molecule has 22 heavy (non-hydrogen) atoms. The molecule has 0 fully saturated rings. The molecule has 1 amide bonds. The molecular formula is C14H7F6NO. The second kappa shape index (κ2) is 5.70. The number of anilines is 1. The average Bonchev–Trinajstić information content (AvgIpc) is 2.39. The van der Waals surface area contributed by atoms with Gasteiger partial charge in [0.25, 0.3) is 5.91 Å². The highest BCUT2D eigenvalue weighted by molar-refractivity contribution is 6.04. The Labute approximate surface area is 120 Å². The smallest absolute Gasteiger partial charge is 0.319 e. The van der Waals surface area contributed by atoms with E-state index in [4.69, 9.17) is 0 Å². The maximum Gasteiger partial charge on any atom is 0.416 e. The van der Waals surface area contributed by atoms with Gasteiger partial charge in [-0.15, -0.1) is 0 Å². The Morgan fingerprint density at radius 1 is 0.909 bits per heavy atom. The fraction of sp³-hybridized carbons (Fsp3) is 0.0714. The van der Waals surface area contributed by atoms with Crippen LogP contribution in [0.3, 0.4) is 0 Å². The first-order chi connectivity index (χ1) is 10.2. The molecule has 2 rings (SSSR count). The van der Waals surface area contributed by atoms with Gasteiger partial charge in [0.05, 0.1) is 16.8 Å². The van der Waals surface area contributed by atoms with Crippen LogP contribution in [0.25, 0.3) is 0 Å². The third kappa shape index (κ3) is 3.38. The number of amides is 1. The van der Waals surface area contributed by atoms with Crippen LogP contribution >= 0.6 is 0 Å². The molecule has 0 aliphatic rings. The molecule has 0 aliphatic heterocycles. The molecule has 0 aromatic heterocycles. The summed E-state index contributed by atoms with van der Waals surface area (Å²) in [5.41, 5.74) is -2.56. The van der Waals surface area contributed by atoms with Gasteiger partial charge in [-0.3, -0.25) is 4.79 Å². The van der Waals surface area contributed by atoms with Crippen LogP contribution in [-0.4, -0.2) is 5.91 Å². The van der Waals surface area contributed by atoms with E-state index in [2.05, 4.69) is 0 Å². The third-order valence-corrected chi connectivity index (χ3v) is 2.72. The minimum Gasteiger partial charge on any atom is -0.319 e. The number of alkyl halides is 3. The number of carbonyl (C=O) groups is 1. The molecule has 0 unspecified atom stereocenters. The minimum atomic E-state index is -4.73. The molecule has 8 heteroatoms. The lowest BCUT2D eigenvalue weighted by Gasteiger charge is -2.11. The van der Waals surface area contributed by atoms with Crippen molar-refractivity contribution >= 4 is 11.6 Å². The van der Waals surface area contributed by atoms with Crippen molar-refractivity contribution in [1.82, 2.24) is 0 Å². The van der Waals surface area contributed by atoms with Crippen molar-refractivity contribution in [3.8, 4) is 0 Å². The highest BCUT2D eigenvalue weighted by atomic mass is 19.4. The fourth-order valence-corrected chi connectivity index (χ4v) is 1.66. The van der Waals surface area contributed by atoms with Gasteiger partial charge in [-0.1, -0.05) is 0 Å². The lowest BCUT2D eigenvalue weighted by Crippen LogP contribution is -2.16. The van der Waals surface area contributed by atoms with Crippen molar-refractivity contribution in [3.05, 3.63) is 65.0 Å². The van der Waals surface area contributed by atoms with Crippen molar-refractivity contribution in [2.24, 2.45) is 0 Å². The van der Waals surface area contributed by atoms with Crippen LogP contribution in [0.2, 0.25) is 0 Å². The summed E-state index contributed by atoms with van der Waals surface area (Å²) in [4.78, 5) is 11.7. The number of hydrogen-bond acceptors (Lipinski definition) is 1. The second-order valence-corrected chi connectivity index (χ2v) is 4.27. The highest BCUT2D eigenvalue weighted by Crippen LogP contribution is 2.32. The lowest BCUT2D eigenvalue weighted by atomic mass is 10.1. The second-order valence-electron chi connectivity index (χ2n) is 4.27. The van der Waals surface area contributed by atoms with Gasteiger partial charge in [0.1, 0.15) is 17.5 Å². The molecule has 0 radical (unpaired) electrons. The molecule has 0 saturated carbocycles. The number of hydrogen-bond donors (Lipinski definition) is 1. The summed E-state index contributed by atoms with van der Waals surface area (Å²) in [6.45, 7) is 0. The van der Waals surface area contributed by atoms with Crippen LogP contribution in [0.4, 0.5) is 32.0 Å². The molecule has 0 spiro atoms. The van der Waals surface area contributed by atoms with Crippen LogP contribution in [0, 0.1) is 17.5 Å². The first-order valence-corrected chi connectivity index (χ1v) is 5.81. The van der Waals surface area contributed by atoms with E-state index >= 15 is 0 Å². The molecule has 116 valence electrons. The molecule has 0 bridgehead atoms. The topological polar surface area (TPSA) is 29.1 Å². The van der Waals surface area contributed by atoms with E-state index in [1.165, 1.54) is 0 Å². The van der Waals surface area contributed by atoms with E-state index in [9.17, 15) is 31.1 Å². The van der Waals surface area contributed by atoms with Gasteiger partial charge in [0.15, 0.2) is 0 Å². The van der Waals surface area contributed by atoms with Gasteiger partial charge in [-0.25, -0.2) is 13.2 Å². The number of nitrogens with one attached hydrogen (secondary N) is 1. The molecule has 0 atom stereocenters. The molecule has 2 aromatic carbocycles. The standard InChI is InChI=1S/C14H7F6NO/c15-8-2-3-9(11(17)6-8)13(22)21-12-5-7(14(18,19)20)1-4-10(12)16/h1-6H,(H,21,22). The van der Waals surface area contributed by atoms with Gasteiger partial charge >= 0.3 is 6.18 Å². The van der Waals surface area contributed by atoms with Crippen LogP contribution in [-0.2, 0) is 6.18 Å². The minimum absolute atomic E-state index is 0.384. The summed E-state index contributed by atoms with van der Waals surface area (Å²) in [6.07, 6.45) is -4.73. The summed E-state index contributed by atoms with van der Waals surface area (Å²) in [5.74, 6) is -4.47. The molecule has 0 saturated heterocycles. The number of carbonyl (C=O) groups excluding carboxylic acids is 1. The molecule has 0 aliphatic carbocycles. The first kappa shape index (κ1) is 15.9. The van der Waals surface area contributed by atoms with E-state index in [1.807, 2.05) is 5.32 Å². The van der Waals surface area contributed by atoms with Gasteiger partial charge in [0, 0.05) is 6.07 Å². The summed E-state index contributed by atoms with van der Waals surface area (Å²) >= 11 is 0. The summed E-state index contributed by atoms with van der Waals surface area (Å²) in [6, 6.07) is 3.43. The maximum absolute atomic E-state index is 13.5. The van der Waals surface area contributed by atoms with Gasteiger partial charge in [-0.2, -0.15) is 13.2 Å². The quantitative estimate of drug-likeness (QED) is 0.818. The van der Waals surface area contributed by atoms with Crippen LogP contribution in [0.1, 0.15) is 15.9 Å². The van der Waals surface area contributed by atoms with Crippen molar-refractivity contribution < 1.29 is 31.1 Å². The van der Waals surface area contributed by atoms with E-state index in [0.29, 0.717) is 24.3 Å². The highest BCUT2D eigenvalue weighted by Gasteiger charge is 2.31. The monoisotopic (exact) mass is 319 g/mol. The van der Waals surface area contributed by atoms with E-state index in [1.54, 1.807) is 0 Å². The van der Waals surface area contributed by atoms with Crippen LogP contribution in [0.5, 0.6) is 0 Å². The Morgan fingerprint density at radius 2 is 1.59 bits per heavy atom. The predicted octanol–water partition coefficient (Wildman–Crippen LogP) is 4.38. The Bertz CT molecular complexity index is 726. The largest absolute Gasteiger partial charge is 0.416 e. The number of benzene rings is 2. The summed E-state index contributed by atoms with van der Waals surface area (Å²) in [7, 11) is 0. The summed E-state index contributed by atoms with van der Waals surface area (Å²) < 4.78 is 77.2. The SMILES string of the molecule is O=C(Nc1cc(C(F)(F)F)ccc1F)c1ccc(F)cc1F. The van der Waals surface area contributed by atoms with E-state index in [-0.39, 0.29) is 0 Å². The molecule has 0 heterocycles. The van der Waals surface area contributed by atoms with E-state index < -0.39 is 46.3 Å². The number of halogens is 6. The van der Waals surface area contributed by atoms with Crippen molar-refractivity contribution in [1.29, 1.82) is 0 Å². The van der Waals surface area contributed by atoms with Gasteiger partial charge in [0.2, 0.25) is 0 Å². The van der Waals surface area contributed by atoms with Crippen LogP contribution in [0.15, 0.2) is 36.4 Å². The first-order valence-electron chi connectivity index (χ1n) is 5.81. The van der Waals surface area contributed by atoms with Gasteiger partial charge < -0.3 is 5.32 Å². The van der Waals surface area contributed by atoms with E-state index in [0.717, 1.165) is 12.1 Å². The Morgan fingerprint density at radius 3 is 2.18 bits per heavy atom. The fourth-order valence-electron chi connectivity index (χ4n) is 1.66. The summed E-state index contributed by atoms with van der Waals surface area (Å²) in [5, 5.41) is 1.82. The van der Waals surface area contributed by atoms with Gasteiger partial charge in [-0.05, 0) is 30.3 Å². The average molecular weight is 319 g/mol. The number of rotatable bonds is 2. The molecule has 2 aromatic rings. The molecular weight excluding hydrogens is 312 g/mol. The zero-order chi connectivity index (χ0) is 16.5. The normalized spacial score (nSPS) is 11.4. The zero-order valence-electron chi connectivity index (χ0n) is 10.6. The Balaban J connectivity index is 2.32. The maximum atomic E-state index is 13.5. The third-order valence-electron chi connectivity index (χ3n) is 2.72. The van der Waals surface area contributed by atoms with Crippen molar-refractivity contribution in [2.45, 2.75) is 6.18 Å². The Hall–Kier alpha value is -2.51. The van der Waals surface area contributed by atoms with Crippen LogP contribution < -0.4 is 5.32 Å². The lowest BCUT2D eigenvalue weighted by molar-refractivity contribution is -0.137. The van der Waals surface area contributed by atoms with Crippen molar-refractivity contribution in [2.75, 3.05) is 5.32 Å².